The molecule has 0 radical (unpaired) electrons. The largest absolute Gasteiger partial charge is 0.349 e. The van der Waals surface area contributed by atoms with Gasteiger partial charge in [-0.15, -0.1) is 0 Å². The normalized spacial score (nSPS) is 14.8. The second kappa shape index (κ2) is 8.60. The van der Waals surface area contributed by atoms with Crippen molar-refractivity contribution in [3.8, 4) is 11.4 Å². The summed E-state index contributed by atoms with van der Waals surface area (Å²) in [5, 5.41) is 0.930. The molecule has 1 amide bonds. The molecule has 5 rings (SSSR count). The lowest BCUT2D eigenvalue weighted by atomic mass is 10.0. The number of hydrogen-bond acceptors (Lipinski definition) is 3. The summed E-state index contributed by atoms with van der Waals surface area (Å²) in [5.41, 5.74) is 5.89. The van der Waals surface area contributed by atoms with Crippen LogP contribution in [0.5, 0.6) is 0 Å². The number of carbonyl (C=O) groups excluding carboxylic acids is 1. The molecule has 0 saturated carbocycles. The van der Waals surface area contributed by atoms with Gasteiger partial charge in [-0.2, -0.15) is 0 Å². The summed E-state index contributed by atoms with van der Waals surface area (Å²) in [6, 6.07) is 22.7. The molecule has 5 nitrogen and oxygen atoms in total. The second-order valence-electron chi connectivity index (χ2n) is 8.63. The van der Waals surface area contributed by atoms with Crippen LogP contribution in [-0.4, -0.2) is 51.4 Å². The molecule has 162 valence electrons. The zero-order valence-corrected chi connectivity index (χ0v) is 18.7. The predicted molar refractivity (Wildman–Crippen MR) is 129 cm³/mol. The average Bonchev–Trinajstić information content (AvgIpc) is 3.25. The first-order valence-corrected chi connectivity index (χ1v) is 11.2. The molecule has 0 atom stereocenters. The van der Waals surface area contributed by atoms with E-state index in [9.17, 15) is 4.79 Å². The fraction of sp³-hybridized carbons (Fsp3) is 0.259. The fourth-order valence-corrected chi connectivity index (χ4v) is 4.50. The summed E-state index contributed by atoms with van der Waals surface area (Å²) in [5.74, 6) is 0.0952. The molecule has 0 unspecified atom stereocenters. The summed E-state index contributed by atoms with van der Waals surface area (Å²) in [6.45, 7) is 6.22. The van der Waals surface area contributed by atoms with Crippen molar-refractivity contribution in [2.24, 2.45) is 7.05 Å². The summed E-state index contributed by atoms with van der Waals surface area (Å²) in [7, 11) is 2.00. The minimum absolute atomic E-state index is 0.0952. The molecule has 0 aliphatic carbocycles. The SMILES string of the molecule is Cc1ccc2nc(-c3cccn3C)cc(C(=O)N3CCN(Cc4ccccc4)CC3)c2c1. The summed E-state index contributed by atoms with van der Waals surface area (Å²) in [4.78, 5) is 22.9. The van der Waals surface area contributed by atoms with Crippen LogP contribution in [0.4, 0.5) is 0 Å². The van der Waals surface area contributed by atoms with Gasteiger partial charge in [0.1, 0.15) is 0 Å². The molecular weight excluding hydrogens is 396 g/mol. The van der Waals surface area contributed by atoms with Crippen LogP contribution in [0.3, 0.4) is 0 Å². The van der Waals surface area contributed by atoms with Gasteiger partial charge in [0.15, 0.2) is 0 Å². The molecule has 4 aromatic rings. The average molecular weight is 425 g/mol. The fourth-order valence-electron chi connectivity index (χ4n) is 4.50. The van der Waals surface area contributed by atoms with Crippen LogP contribution in [0.1, 0.15) is 21.5 Å². The van der Waals surface area contributed by atoms with Crippen LogP contribution in [0.15, 0.2) is 72.9 Å². The number of aromatic nitrogens is 2. The first-order valence-electron chi connectivity index (χ1n) is 11.2. The topological polar surface area (TPSA) is 41.4 Å². The number of fused-ring (bicyclic) bond motifs is 1. The highest BCUT2D eigenvalue weighted by atomic mass is 16.2. The van der Waals surface area contributed by atoms with Crippen LogP contribution in [-0.2, 0) is 13.6 Å². The first kappa shape index (κ1) is 20.5. The Labute approximate surface area is 188 Å². The molecular formula is C27H28N4O. The minimum atomic E-state index is 0.0952. The van der Waals surface area contributed by atoms with Crippen LogP contribution >= 0.6 is 0 Å². The maximum absolute atomic E-state index is 13.7. The van der Waals surface area contributed by atoms with Gasteiger partial charge in [-0.25, -0.2) is 4.98 Å². The first-order chi connectivity index (χ1) is 15.6. The summed E-state index contributed by atoms with van der Waals surface area (Å²) in [6.07, 6.45) is 2.00. The van der Waals surface area contributed by atoms with Crippen molar-refractivity contribution in [3.63, 3.8) is 0 Å². The Morgan fingerprint density at radius 3 is 2.44 bits per heavy atom. The zero-order valence-electron chi connectivity index (χ0n) is 18.7. The minimum Gasteiger partial charge on any atom is -0.349 e. The van der Waals surface area contributed by atoms with Gasteiger partial charge in [-0.05, 0) is 42.8 Å². The zero-order chi connectivity index (χ0) is 22.1. The third-order valence-electron chi connectivity index (χ3n) is 6.31. The Bertz CT molecular complexity index is 1250. The number of carbonyl (C=O) groups is 1. The van der Waals surface area contributed by atoms with E-state index in [1.54, 1.807) is 0 Å². The van der Waals surface area contributed by atoms with E-state index < -0.39 is 0 Å². The number of benzene rings is 2. The monoisotopic (exact) mass is 424 g/mol. The highest BCUT2D eigenvalue weighted by Gasteiger charge is 2.24. The molecule has 2 aromatic heterocycles. The smallest absolute Gasteiger partial charge is 0.254 e. The molecule has 1 fully saturated rings. The molecule has 0 N–H and O–H groups in total. The van der Waals surface area contributed by atoms with Crippen molar-refractivity contribution in [1.82, 2.24) is 19.4 Å². The summed E-state index contributed by atoms with van der Waals surface area (Å²) < 4.78 is 2.04. The lowest BCUT2D eigenvalue weighted by Crippen LogP contribution is -2.48. The van der Waals surface area contributed by atoms with Gasteiger partial charge in [0, 0.05) is 51.4 Å². The third kappa shape index (κ3) is 4.04. The van der Waals surface area contributed by atoms with Gasteiger partial charge in [0.05, 0.1) is 22.5 Å². The van der Waals surface area contributed by atoms with Gasteiger partial charge >= 0.3 is 0 Å². The van der Waals surface area contributed by atoms with Crippen molar-refractivity contribution in [3.05, 3.63) is 89.6 Å². The lowest BCUT2D eigenvalue weighted by Gasteiger charge is -2.35. The number of amides is 1. The van der Waals surface area contributed by atoms with E-state index in [1.807, 2.05) is 53.0 Å². The molecule has 1 aliphatic heterocycles. The van der Waals surface area contributed by atoms with Gasteiger partial charge in [0.2, 0.25) is 0 Å². The van der Waals surface area contributed by atoms with Gasteiger partial charge in [-0.3, -0.25) is 9.69 Å². The molecule has 0 bridgehead atoms. The van der Waals surface area contributed by atoms with Gasteiger partial charge < -0.3 is 9.47 Å². The Morgan fingerprint density at radius 2 is 1.72 bits per heavy atom. The van der Waals surface area contributed by atoms with Crippen molar-refractivity contribution in [2.75, 3.05) is 26.2 Å². The molecule has 1 aliphatic rings. The van der Waals surface area contributed by atoms with Crippen LogP contribution in [0, 0.1) is 6.92 Å². The Hall–Kier alpha value is -3.44. The van der Waals surface area contributed by atoms with E-state index >= 15 is 0 Å². The van der Waals surface area contributed by atoms with Crippen molar-refractivity contribution in [1.29, 1.82) is 0 Å². The van der Waals surface area contributed by atoms with Crippen molar-refractivity contribution in [2.45, 2.75) is 13.5 Å². The Balaban J connectivity index is 1.42. The molecule has 1 saturated heterocycles. The van der Waals surface area contributed by atoms with Crippen molar-refractivity contribution < 1.29 is 4.79 Å². The number of nitrogens with zero attached hydrogens (tertiary/aromatic N) is 4. The van der Waals surface area contributed by atoms with E-state index in [2.05, 4.69) is 48.2 Å². The van der Waals surface area contributed by atoms with E-state index in [0.717, 1.165) is 66.1 Å². The highest BCUT2D eigenvalue weighted by molar-refractivity contribution is 6.07. The molecule has 3 heterocycles. The van der Waals surface area contributed by atoms with Gasteiger partial charge in [0.25, 0.3) is 5.91 Å². The number of hydrogen-bond donors (Lipinski definition) is 0. The molecule has 2 aromatic carbocycles. The number of aryl methyl sites for hydroxylation is 2. The Kier molecular flexibility index (Phi) is 5.50. The van der Waals surface area contributed by atoms with E-state index in [4.69, 9.17) is 4.98 Å². The number of piperazine rings is 1. The molecule has 5 heteroatoms. The standard InChI is InChI=1S/C27H28N4O/c1-20-10-11-24-22(17-20)23(18-25(28-24)26-9-6-12-29(26)2)27(32)31-15-13-30(14-16-31)19-21-7-4-3-5-8-21/h3-12,17-18H,13-16,19H2,1-2H3. The molecule has 32 heavy (non-hydrogen) atoms. The Morgan fingerprint density at radius 1 is 0.938 bits per heavy atom. The lowest BCUT2D eigenvalue weighted by molar-refractivity contribution is 0.0630. The highest BCUT2D eigenvalue weighted by Crippen LogP contribution is 2.27. The molecule has 0 spiro atoms. The van der Waals surface area contributed by atoms with Crippen LogP contribution in [0.2, 0.25) is 0 Å². The predicted octanol–water partition coefficient (Wildman–Crippen LogP) is 4.51. The maximum atomic E-state index is 13.7. The quantitative estimate of drug-likeness (QED) is 0.484. The summed E-state index contributed by atoms with van der Waals surface area (Å²) >= 11 is 0. The van der Waals surface area contributed by atoms with E-state index in [1.165, 1.54) is 5.56 Å². The van der Waals surface area contributed by atoms with Crippen LogP contribution in [0.25, 0.3) is 22.3 Å². The van der Waals surface area contributed by atoms with E-state index in [0.29, 0.717) is 0 Å². The van der Waals surface area contributed by atoms with E-state index in [-0.39, 0.29) is 5.91 Å². The number of rotatable bonds is 4. The van der Waals surface area contributed by atoms with Crippen molar-refractivity contribution >= 4 is 16.8 Å². The maximum Gasteiger partial charge on any atom is 0.254 e. The number of pyridine rings is 1. The van der Waals surface area contributed by atoms with Crippen LogP contribution < -0.4 is 0 Å². The third-order valence-corrected chi connectivity index (χ3v) is 6.31. The second-order valence-corrected chi connectivity index (χ2v) is 8.63. The van der Waals surface area contributed by atoms with Gasteiger partial charge in [-0.1, -0.05) is 42.0 Å².